The third-order valence-corrected chi connectivity index (χ3v) is 2.44. The van der Waals surface area contributed by atoms with Gasteiger partial charge in [-0.05, 0) is 43.9 Å². The van der Waals surface area contributed by atoms with Crippen LogP contribution in [0, 0.1) is 0 Å². The normalized spacial score (nSPS) is 13.5. The Morgan fingerprint density at radius 2 is 1.82 bits per heavy atom. The largest absolute Gasteiger partial charge is 0.573 e. The van der Waals surface area contributed by atoms with E-state index in [1.54, 1.807) is 12.1 Å². The Bertz CT molecular complexity index is 333. The fourth-order valence-corrected chi connectivity index (χ4v) is 1.60. The standard InChI is InChI=1S/C12H14ClF3O/c1-9(13)3-2-4-10-5-7-11(8-6-10)17-12(14,15)16/h5-9H,2-4H2,1H3. The van der Waals surface area contributed by atoms with E-state index in [0.717, 1.165) is 24.8 Å². The van der Waals surface area contributed by atoms with E-state index in [1.807, 2.05) is 6.92 Å². The molecule has 0 spiro atoms. The van der Waals surface area contributed by atoms with E-state index in [4.69, 9.17) is 11.6 Å². The third kappa shape index (κ3) is 6.41. The molecule has 1 rings (SSSR count). The Morgan fingerprint density at radius 3 is 2.29 bits per heavy atom. The van der Waals surface area contributed by atoms with Crippen LogP contribution in [0.15, 0.2) is 24.3 Å². The summed E-state index contributed by atoms with van der Waals surface area (Å²) in [7, 11) is 0. The van der Waals surface area contributed by atoms with Crippen LogP contribution in [0.3, 0.4) is 0 Å². The molecule has 0 N–H and O–H groups in total. The van der Waals surface area contributed by atoms with Gasteiger partial charge in [-0.1, -0.05) is 12.1 Å². The number of alkyl halides is 4. The lowest BCUT2D eigenvalue weighted by atomic mass is 10.1. The SMILES string of the molecule is CC(Cl)CCCc1ccc(OC(F)(F)F)cc1. The molecule has 0 saturated carbocycles. The number of benzene rings is 1. The van der Waals surface area contributed by atoms with E-state index >= 15 is 0 Å². The van der Waals surface area contributed by atoms with Gasteiger partial charge in [-0.25, -0.2) is 0 Å². The van der Waals surface area contributed by atoms with Crippen molar-refractivity contribution in [2.45, 2.75) is 37.9 Å². The Labute approximate surface area is 104 Å². The van der Waals surface area contributed by atoms with E-state index in [-0.39, 0.29) is 11.1 Å². The minimum atomic E-state index is -4.63. The zero-order valence-corrected chi connectivity index (χ0v) is 10.2. The highest BCUT2D eigenvalue weighted by molar-refractivity contribution is 6.20. The maximum atomic E-state index is 11.9. The molecule has 0 aliphatic rings. The van der Waals surface area contributed by atoms with Crippen molar-refractivity contribution in [3.8, 4) is 5.75 Å². The van der Waals surface area contributed by atoms with Crippen LogP contribution < -0.4 is 4.74 Å². The van der Waals surface area contributed by atoms with Gasteiger partial charge >= 0.3 is 6.36 Å². The highest BCUT2D eigenvalue weighted by Gasteiger charge is 2.30. The van der Waals surface area contributed by atoms with Crippen molar-refractivity contribution in [1.29, 1.82) is 0 Å². The van der Waals surface area contributed by atoms with E-state index in [2.05, 4.69) is 4.74 Å². The zero-order valence-electron chi connectivity index (χ0n) is 9.43. The van der Waals surface area contributed by atoms with Crippen molar-refractivity contribution < 1.29 is 17.9 Å². The van der Waals surface area contributed by atoms with Gasteiger partial charge in [0.15, 0.2) is 0 Å². The van der Waals surface area contributed by atoms with Gasteiger partial charge in [0.2, 0.25) is 0 Å². The Morgan fingerprint density at radius 1 is 1.24 bits per heavy atom. The average Bonchev–Trinajstić information content (AvgIpc) is 2.18. The van der Waals surface area contributed by atoms with E-state index in [1.165, 1.54) is 12.1 Å². The van der Waals surface area contributed by atoms with Crippen LogP contribution in [0.25, 0.3) is 0 Å². The van der Waals surface area contributed by atoms with Crippen LogP contribution in [0.1, 0.15) is 25.3 Å². The lowest BCUT2D eigenvalue weighted by molar-refractivity contribution is -0.274. The zero-order chi connectivity index (χ0) is 12.9. The first kappa shape index (κ1) is 14.2. The quantitative estimate of drug-likeness (QED) is 0.711. The summed E-state index contributed by atoms with van der Waals surface area (Å²) in [5.74, 6) is -0.188. The lowest BCUT2D eigenvalue weighted by Crippen LogP contribution is -2.17. The van der Waals surface area contributed by atoms with Crippen LogP contribution in [-0.2, 0) is 6.42 Å². The molecule has 0 heterocycles. The summed E-state index contributed by atoms with van der Waals surface area (Å²) in [6.45, 7) is 1.92. The van der Waals surface area contributed by atoms with E-state index in [0.29, 0.717) is 0 Å². The van der Waals surface area contributed by atoms with E-state index in [9.17, 15) is 13.2 Å². The third-order valence-electron chi connectivity index (χ3n) is 2.22. The van der Waals surface area contributed by atoms with Crippen LogP contribution in [0.5, 0.6) is 5.75 Å². The summed E-state index contributed by atoms with van der Waals surface area (Å²) in [6.07, 6.45) is -2.01. The molecule has 0 aromatic heterocycles. The number of aryl methyl sites for hydroxylation is 1. The van der Waals surface area contributed by atoms with Gasteiger partial charge in [-0.3, -0.25) is 0 Å². The minimum absolute atomic E-state index is 0.128. The topological polar surface area (TPSA) is 9.23 Å². The molecule has 1 unspecified atom stereocenters. The molecule has 0 bridgehead atoms. The summed E-state index contributed by atoms with van der Waals surface area (Å²) < 4.78 is 39.5. The molecular formula is C12H14ClF3O. The molecule has 0 saturated heterocycles. The first-order valence-electron chi connectivity index (χ1n) is 5.35. The highest BCUT2D eigenvalue weighted by Crippen LogP contribution is 2.23. The second-order valence-electron chi connectivity index (χ2n) is 3.86. The maximum Gasteiger partial charge on any atom is 0.573 e. The van der Waals surface area contributed by atoms with Crippen molar-refractivity contribution in [2.24, 2.45) is 0 Å². The molecule has 1 aromatic carbocycles. The summed E-state index contributed by atoms with van der Waals surface area (Å²) in [5, 5.41) is 0.128. The van der Waals surface area contributed by atoms with Crippen LogP contribution in [0.2, 0.25) is 0 Å². The van der Waals surface area contributed by atoms with Crippen LogP contribution >= 0.6 is 11.6 Å². The molecule has 0 fully saturated rings. The van der Waals surface area contributed by atoms with Gasteiger partial charge in [-0.2, -0.15) is 0 Å². The number of hydrogen-bond donors (Lipinski definition) is 0. The van der Waals surface area contributed by atoms with Gasteiger partial charge in [0.05, 0.1) is 0 Å². The number of hydrogen-bond acceptors (Lipinski definition) is 1. The summed E-state index contributed by atoms with van der Waals surface area (Å²) >= 11 is 5.80. The van der Waals surface area contributed by atoms with E-state index < -0.39 is 6.36 Å². The molecule has 0 amide bonds. The van der Waals surface area contributed by atoms with Crippen molar-refractivity contribution in [3.05, 3.63) is 29.8 Å². The molecule has 0 aliphatic heterocycles. The van der Waals surface area contributed by atoms with Gasteiger partial charge in [-0.15, -0.1) is 24.8 Å². The molecule has 1 atom stereocenters. The molecule has 0 radical (unpaired) electrons. The first-order chi connectivity index (χ1) is 7.87. The molecule has 1 aromatic rings. The van der Waals surface area contributed by atoms with Crippen LogP contribution in [-0.4, -0.2) is 11.7 Å². The Hall–Kier alpha value is -0.900. The predicted molar refractivity (Wildman–Crippen MR) is 61.4 cm³/mol. The van der Waals surface area contributed by atoms with Crippen molar-refractivity contribution in [1.82, 2.24) is 0 Å². The molecule has 17 heavy (non-hydrogen) atoms. The van der Waals surface area contributed by atoms with Crippen molar-refractivity contribution in [3.63, 3.8) is 0 Å². The Kier molecular flexibility index (Phi) is 5.12. The van der Waals surface area contributed by atoms with Gasteiger partial charge in [0, 0.05) is 5.38 Å². The molecule has 96 valence electrons. The minimum Gasteiger partial charge on any atom is -0.406 e. The summed E-state index contributed by atoms with van der Waals surface area (Å²) in [5.41, 5.74) is 0.983. The predicted octanol–water partition coefficient (Wildman–Crippen LogP) is 4.54. The summed E-state index contributed by atoms with van der Waals surface area (Å²) in [6, 6.07) is 5.93. The van der Waals surface area contributed by atoms with Gasteiger partial charge in [0.25, 0.3) is 0 Å². The van der Waals surface area contributed by atoms with Gasteiger partial charge in [0.1, 0.15) is 5.75 Å². The van der Waals surface area contributed by atoms with Gasteiger partial charge < -0.3 is 4.74 Å². The molecule has 0 aliphatic carbocycles. The lowest BCUT2D eigenvalue weighted by Gasteiger charge is -2.09. The smallest absolute Gasteiger partial charge is 0.406 e. The molecular weight excluding hydrogens is 253 g/mol. The molecule has 5 heteroatoms. The van der Waals surface area contributed by atoms with Crippen molar-refractivity contribution >= 4 is 11.6 Å². The maximum absolute atomic E-state index is 11.9. The second-order valence-corrected chi connectivity index (χ2v) is 4.61. The van der Waals surface area contributed by atoms with Crippen molar-refractivity contribution in [2.75, 3.05) is 0 Å². The van der Waals surface area contributed by atoms with Crippen LogP contribution in [0.4, 0.5) is 13.2 Å². The highest BCUT2D eigenvalue weighted by atomic mass is 35.5. The number of halogens is 4. The summed E-state index contributed by atoms with van der Waals surface area (Å²) in [4.78, 5) is 0. The fourth-order valence-electron chi connectivity index (χ4n) is 1.45. The molecule has 1 nitrogen and oxygen atoms in total. The number of ether oxygens (including phenoxy) is 1. The fraction of sp³-hybridized carbons (Fsp3) is 0.500. The monoisotopic (exact) mass is 266 g/mol. The number of rotatable bonds is 5. The second kappa shape index (κ2) is 6.15. The average molecular weight is 267 g/mol. The Balaban J connectivity index is 2.45. The first-order valence-corrected chi connectivity index (χ1v) is 5.79.